The third-order valence-corrected chi connectivity index (χ3v) is 5.03. The van der Waals surface area contributed by atoms with Crippen molar-refractivity contribution in [1.82, 2.24) is 5.32 Å². The topological polar surface area (TPSA) is 136 Å². The molecule has 0 aromatic heterocycles. The molecule has 200 valence electrons. The predicted molar refractivity (Wildman–Crippen MR) is 112 cm³/mol. The Balaban J connectivity index is 2.53. The van der Waals surface area contributed by atoms with Crippen molar-refractivity contribution in [3.05, 3.63) is 74.8 Å². The lowest BCUT2D eigenvalue weighted by Gasteiger charge is -2.25. The molecule has 2 rings (SSSR count). The number of benzene rings is 2. The highest BCUT2D eigenvalue weighted by Crippen LogP contribution is 2.36. The van der Waals surface area contributed by atoms with Gasteiger partial charge in [0.15, 0.2) is 0 Å². The molecule has 1 amide bonds. The van der Waals surface area contributed by atoms with Crippen molar-refractivity contribution in [2.24, 2.45) is 0 Å². The van der Waals surface area contributed by atoms with Gasteiger partial charge >= 0.3 is 24.3 Å². The minimum Gasteiger partial charge on any atom is -0.480 e. The van der Waals surface area contributed by atoms with Crippen LogP contribution < -0.4 is 5.32 Å². The van der Waals surface area contributed by atoms with Gasteiger partial charge in [-0.2, -0.15) is 26.3 Å². The van der Waals surface area contributed by atoms with Gasteiger partial charge in [0.05, 0.1) is 29.1 Å². The molecule has 0 aliphatic rings. The van der Waals surface area contributed by atoms with Crippen molar-refractivity contribution >= 4 is 23.5 Å². The highest BCUT2D eigenvalue weighted by molar-refractivity contribution is 5.97. The molecule has 2 aromatic rings. The summed E-state index contributed by atoms with van der Waals surface area (Å²) in [6, 6.07) is 2.14. The van der Waals surface area contributed by atoms with Crippen LogP contribution in [0.1, 0.15) is 46.3 Å². The van der Waals surface area contributed by atoms with E-state index in [-0.39, 0.29) is 30.4 Å². The molecule has 37 heavy (non-hydrogen) atoms. The first kappa shape index (κ1) is 29.1. The number of rotatable bonds is 9. The van der Waals surface area contributed by atoms with Crippen molar-refractivity contribution < 1.29 is 55.5 Å². The van der Waals surface area contributed by atoms with E-state index in [1.807, 2.05) is 5.32 Å². The Morgan fingerprint density at radius 1 is 1.00 bits per heavy atom. The normalized spacial score (nSPS) is 13.4. The summed E-state index contributed by atoms with van der Waals surface area (Å²) in [5.74, 6) is -5.79. The van der Waals surface area contributed by atoms with Crippen LogP contribution in [0.2, 0.25) is 0 Å². The van der Waals surface area contributed by atoms with Crippen LogP contribution in [-0.2, 0) is 26.7 Å². The first-order valence-electron chi connectivity index (χ1n) is 10.3. The van der Waals surface area contributed by atoms with Crippen LogP contribution in [0.4, 0.5) is 32.0 Å². The zero-order valence-corrected chi connectivity index (χ0v) is 18.7. The second-order valence-electron chi connectivity index (χ2n) is 7.55. The molecule has 0 radical (unpaired) electrons. The van der Waals surface area contributed by atoms with Gasteiger partial charge in [0.1, 0.15) is 6.04 Å². The third kappa shape index (κ3) is 7.65. The quantitative estimate of drug-likeness (QED) is 0.208. The van der Waals surface area contributed by atoms with E-state index in [1.165, 1.54) is 6.92 Å². The summed E-state index contributed by atoms with van der Waals surface area (Å²) in [6.07, 6.45) is -11.2. The molecule has 2 aromatic carbocycles. The number of nitro benzene ring substituents is 1. The van der Waals surface area contributed by atoms with E-state index in [1.54, 1.807) is 0 Å². The SMILES string of the molecule is CCOC(=O)C[C@@H](c1ccc([N+](=O)[O-])cc1)[C@@H](NC(=O)c1cc(C(F)(F)F)cc(C(F)(F)F)c1)C(=O)O. The van der Waals surface area contributed by atoms with Crippen LogP contribution in [0.15, 0.2) is 42.5 Å². The molecule has 0 saturated carbocycles. The number of ether oxygens (including phenoxy) is 1. The number of nitrogens with zero attached hydrogens (tertiary/aromatic N) is 1. The number of hydrogen-bond donors (Lipinski definition) is 2. The van der Waals surface area contributed by atoms with Crippen molar-refractivity contribution in [2.45, 2.75) is 37.7 Å². The molecule has 0 aliphatic heterocycles. The number of alkyl halides is 6. The molecule has 0 heterocycles. The van der Waals surface area contributed by atoms with Gasteiger partial charge in [-0.15, -0.1) is 0 Å². The number of aliphatic carboxylic acids is 1. The van der Waals surface area contributed by atoms with E-state index < -0.39 is 75.9 Å². The fourth-order valence-corrected chi connectivity index (χ4v) is 3.32. The summed E-state index contributed by atoms with van der Waals surface area (Å²) in [4.78, 5) is 47.0. The van der Waals surface area contributed by atoms with Crippen LogP contribution >= 0.6 is 0 Å². The first-order valence-corrected chi connectivity index (χ1v) is 10.3. The molecular weight excluding hydrogens is 518 g/mol. The first-order chi connectivity index (χ1) is 17.0. The molecule has 0 saturated heterocycles. The lowest BCUT2D eigenvalue weighted by Crippen LogP contribution is -2.45. The number of carbonyl (C=O) groups excluding carboxylic acids is 2. The van der Waals surface area contributed by atoms with Crippen LogP contribution in [0, 0.1) is 10.1 Å². The highest BCUT2D eigenvalue weighted by atomic mass is 19.4. The molecule has 0 spiro atoms. The van der Waals surface area contributed by atoms with Crippen molar-refractivity contribution in [3.63, 3.8) is 0 Å². The van der Waals surface area contributed by atoms with Crippen molar-refractivity contribution in [3.8, 4) is 0 Å². The maximum absolute atomic E-state index is 13.2. The smallest absolute Gasteiger partial charge is 0.416 e. The second kappa shape index (κ2) is 11.3. The molecule has 9 nitrogen and oxygen atoms in total. The number of hydrogen-bond acceptors (Lipinski definition) is 6. The Labute approximate surface area is 204 Å². The van der Waals surface area contributed by atoms with E-state index in [0.29, 0.717) is 0 Å². The van der Waals surface area contributed by atoms with Gasteiger partial charge in [-0.25, -0.2) is 4.79 Å². The van der Waals surface area contributed by atoms with E-state index in [9.17, 15) is 55.9 Å². The number of carboxylic acid groups (broad SMARTS) is 1. The molecule has 0 aliphatic carbocycles. The van der Waals surface area contributed by atoms with Gasteiger partial charge < -0.3 is 15.2 Å². The van der Waals surface area contributed by atoms with Crippen LogP contribution in [0.5, 0.6) is 0 Å². The fourth-order valence-electron chi connectivity index (χ4n) is 3.32. The molecule has 2 N–H and O–H groups in total. The number of carbonyl (C=O) groups is 3. The molecular formula is C22H18F6N2O7. The number of esters is 1. The summed E-state index contributed by atoms with van der Waals surface area (Å²) < 4.78 is 83.7. The molecule has 0 bridgehead atoms. The average Bonchev–Trinajstić information content (AvgIpc) is 2.79. The largest absolute Gasteiger partial charge is 0.480 e. The summed E-state index contributed by atoms with van der Waals surface area (Å²) in [5.41, 5.74) is -5.12. The van der Waals surface area contributed by atoms with E-state index >= 15 is 0 Å². The van der Waals surface area contributed by atoms with Gasteiger partial charge in [-0.1, -0.05) is 12.1 Å². The fraction of sp³-hybridized carbons (Fsp3) is 0.318. The van der Waals surface area contributed by atoms with Gasteiger partial charge in [0.2, 0.25) is 0 Å². The lowest BCUT2D eigenvalue weighted by atomic mass is 9.88. The number of nitrogens with one attached hydrogen (secondary N) is 1. The Hall–Kier alpha value is -4.17. The Kier molecular flexibility index (Phi) is 8.85. The Morgan fingerprint density at radius 3 is 1.92 bits per heavy atom. The highest BCUT2D eigenvalue weighted by Gasteiger charge is 2.39. The number of non-ortho nitro benzene ring substituents is 1. The molecule has 0 unspecified atom stereocenters. The van der Waals surface area contributed by atoms with Gasteiger partial charge in [0.25, 0.3) is 11.6 Å². The predicted octanol–water partition coefficient (Wildman–Crippen LogP) is 4.55. The average molecular weight is 536 g/mol. The molecule has 15 heteroatoms. The zero-order chi connectivity index (χ0) is 28.1. The van der Waals surface area contributed by atoms with Gasteiger partial charge in [-0.05, 0) is 30.7 Å². The van der Waals surface area contributed by atoms with Crippen LogP contribution in [-0.4, -0.2) is 40.5 Å². The maximum atomic E-state index is 13.2. The summed E-state index contributed by atoms with van der Waals surface area (Å²) in [6.45, 7) is 1.33. The molecule has 0 fully saturated rings. The summed E-state index contributed by atoms with van der Waals surface area (Å²) in [7, 11) is 0. The zero-order valence-electron chi connectivity index (χ0n) is 18.7. The minimum absolute atomic E-state index is 0.00799. The molecule has 2 atom stereocenters. The monoisotopic (exact) mass is 536 g/mol. The number of amides is 1. The van der Waals surface area contributed by atoms with Gasteiger partial charge in [-0.3, -0.25) is 19.7 Å². The number of nitro groups is 1. The van der Waals surface area contributed by atoms with E-state index in [4.69, 9.17) is 4.74 Å². The number of carboxylic acids is 1. The lowest BCUT2D eigenvalue weighted by molar-refractivity contribution is -0.384. The minimum atomic E-state index is -5.26. The van der Waals surface area contributed by atoms with E-state index in [0.717, 1.165) is 24.3 Å². The Bertz CT molecular complexity index is 1150. The maximum Gasteiger partial charge on any atom is 0.416 e. The van der Waals surface area contributed by atoms with Crippen LogP contribution in [0.3, 0.4) is 0 Å². The second-order valence-corrected chi connectivity index (χ2v) is 7.55. The standard InChI is InChI=1S/C22H18F6N2O7/c1-2-37-17(31)10-16(11-3-5-15(6-4-11)30(35)36)18(20(33)34)29-19(32)12-7-13(21(23,24)25)9-14(8-12)22(26,27)28/h3-9,16,18H,2,10H2,1H3,(H,29,32)(H,33,34)/t16-,18+/m0/s1. The van der Waals surface area contributed by atoms with Crippen molar-refractivity contribution in [2.75, 3.05) is 6.61 Å². The van der Waals surface area contributed by atoms with Crippen molar-refractivity contribution in [1.29, 1.82) is 0 Å². The summed E-state index contributed by atoms with van der Waals surface area (Å²) >= 11 is 0. The summed E-state index contributed by atoms with van der Waals surface area (Å²) in [5, 5.41) is 22.5. The van der Waals surface area contributed by atoms with Gasteiger partial charge in [0, 0.05) is 23.6 Å². The Morgan fingerprint density at radius 2 is 1.51 bits per heavy atom. The third-order valence-electron chi connectivity index (χ3n) is 5.03. The number of halogens is 6. The van der Waals surface area contributed by atoms with E-state index in [2.05, 4.69) is 0 Å². The van der Waals surface area contributed by atoms with Crippen LogP contribution in [0.25, 0.3) is 0 Å².